The highest BCUT2D eigenvalue weighted by Gasteiger charge is 2.26. The average molecular weight is 377 g/mol. The Balaban J connectivity index is 1.46. The number of rotatable bonds is 5. The lowest BCUT2D eigenvalue weighted by atomic mass is 10.2. The monoisotopic (exact) mass is 377 g/mol. The molecule has 1 amide bonds. The number of aromatic nitrogens is 2. The Kier molecular flexibility index (Phi) is 4.80. The fraction of sp³-hybridized carbons (Fsp3) is 0.190. The molecular weight excluding hydrogens is 358 g/mol. The first-order valence-corrected chi connectivity index (χ1v) is 8.92. The third-order valence-electron chi connectivity index (χ3n) is 4.63. The molecule has 1 aliphatic heterocycles. The number of nitrogens with zero attached hydrogens (tertiary/aromatic N) is 3. The van der Waals surface area contributed by atoms with E-state index in [9.17, 15) is 9.59 Å². The van der Waals surface area contributed by atoms with Gasteiger partial charge in [-0.25, -0.2) is 9.48 Å². The van der Waals surface area contributed by atoms with E-state index in [1.165, 1.54) is 11.8 Å². The smallest absolute Gasteiger partial charge is 0.363 e. The van der Waals surface area contributed by atoms with Gasteiger partial charge in [0, 0.05) is 12.2 Å². The largest absolute Gasteiger partial charge is 0.493 e. The Hall–Kier alpha value is -3.61. The van der Waals surface area contributed by atoms with Crippen LogP contribution in [0.2, 0.25) is 0 Å². The lowest BCUT2D eigenvalue weighted by Crippen LogP contribution is -2.33. The minimum absolute atomic E-state index is 0.0287. The minimum Gasteiger partial charge on any atom is -0.493 e. The van der Waals surface area contributed by atoms with Gasteiger partial charge in [-0.1, -0.05) is 36.4 Å². The molecule has 0 fully saturated rings. The SMILES string of the molecule is COc1cn(-c2ccccc2)nc1C(=O)OCC(=O)N1CCc2ccccc21. The second kappa shape index (κ2) is 7.56. The summed E-state index contributed by atoms with van der Waals surface area (Å²) in [7, 11) is 1.45. The van der Waals surface area contributed by atoms with Gasteiger partial charge in [0.2, 0.25) is 5.69 Å². The van der Waals surface area contributed by atoms with Gasteiger partial charge < -0.3 is 14.4 Å². The topological polar surface area (TPSA) is 73.7 Å². The van der Waals surface area contributed by atoms with Crippen molar-refractivity contribution in [2.24, 2.45) is 0 Å². The molecule has 0 saturated carbocycles. The van der Waals surface area contributed by atoms with Gasteiger partial charge in [0.05, 0.1) is 19.0 Å². The van der Waals surface area contributed by atoms with E-state index in [4.69, 9.17) is 9.47 Å². The summed E-state index contributed by atoms with van der Waals surface area (Å²) in [5, 5.41) is 4.25. The average Bonchev–Trinajstić information content (AvgIpc) is 3.37. The zero-order valence-electron chi connectivity index (χ0n) is 15.4. The van der Waals surface area contributed by atoms with E-state index in [1.54, 1.807) is 11.1 Å². The molecule has 0 saturated heterocycles. The quantitative estimate of drug-likeness (QED) is 0.639. The molecule has 0 aliphatic carbocycles. The molecule has 0 N–H and O–H groups in total. The summed E-state index contributed by atoms with van der Waals surface area (Å²) in [5.41, 5.74) is 2.80. The molecule has 0 spiro atoms. The Morgan fingerprint density at radius 3 is 2.61 bits per heavy atom. The van der Waals surface area contributed by atoms with Crippen molar-refractivity contribution in [3.05, 3.63) is 72.1 Å². The van der Waals surface area contributed by atoms with Crippen LogP contribution >= 0.6 is 0 Å². The van der Waals surface area contributed by atoms with Crippen LogP contribution in [0.4, 0.5) is 5.69 Å². The fourth-order valence-corrected chi connectivity index (χ4v) is 3.23. The van der Waals surface area contributed by atoms with Crippen LogP contribution in [-0.2, 0) is 16.0 Å². The van der Waals surface area contributed by atoms with Crippen LogP contribution in [0.25, 0.3) is 5.69 Å². The highest BCUT2D eigenvalue weighted by Crippen LogP contribution is 2.27. The summed E-state index contributed by atoms with van der Waals surface area (Å²) < 4.78 is 12.0. The van der Waals surface area contributed by atoms with E-state index < -0.39 is 5.97 Å². The van der Waals surface area contributed by atoms with E-state index in [-0.39, 0.29) is 24.0 Å². The number of benzene rings is 2. The maximum Gasteiger partial charge on any atom is 0.363 e. The van der Waals surface area contributed by atoms with Crippen molar-refractivity contribution < 1.29 is 19.1 Å². The van der Waals surface area contributed by atoms with Gasteiger partial charge in [0.25, 0.3) is 5.91 Å². The van der Waals surface area contributed by atoms with Crippen LogP contribution in [0.3, 0.4) is 0 Å². The van der Waals surface area contributed by atoms with Crippen molar-refractivity contribution in [2.45, 2.75) is 6.42 Å². The molecule has 0 unspecified atom stereocenters. The lowest BCUT2D eigenvalue weighted by molar-refractivity contribution is -0.121. The molecule has 2 aromatic carbocycles. The van der Waals surface area contributed by atoms with Gasteiger partial charge in [0.15, 0.2) is 12.4 Å². The summed E-state index contributed by atoms with van der Waals surface area (Å²) in [6.45, 7) is 0.232. The number of anilines is 1. The van der Waals surface area contributed by atoms with Crippen LogP contribution in [0.1, 0.15) is 16.1 Å². The molecule has 1 aliphatic rings. The predicted octanol–water partition coefficient (Wildman–Crippen LogP) is 2.63. The number of amides is 1. The molecule has 0 radical (unpaired) electrons. The molecule has 7 heteroatoms. The standard InChI is InChI=1S/C21H19N3O4/c1-27-18-13-24(16-8-3-2-4-9-16)22-20(18)21(26)28-14-19(25)23-12-11-15-7-5-6-10-17(15)23/h2-10,13H,11-12,14H2,1H3. The molecule has 7 nitrogen and oxygen atoms in total. The third-order valence-corrected chi connectivity index (χ3v) is 4.63. The Morgan fingerprint density at radius 1 is 1.07 bits per heavy atom. The maximum atomic E-state index is 12.5. The molecule has 28 heavy (non-hydrogen) atoms. The van der Waals surface area contributed by atoms with Crippen LogP contribution in [0.15, 0.2) is 60.8 Å². The van der Waals surface area contributed by atoms with Gasteiger partial charge in [0.1, 0.15) is 0 Å². The Bertz CT molecular complexity index is 1010. The van der Waals surface area contributed by atoms with Crippen molar-refractivity contribution >= 4 is 17.6 Å². The van der Waals surface area contributed by atoms with Crippen LogP contribution in [0, 0.1) is 0 Å². The Labute approximate surface area is 162 Å². The number of ether oxygens (including phenoxy) is 2. The van der Waals surface area contributed by atoms with E-state index in [0.717, 1.165) is 23.4 Å². The summed E-state index contributed by atoms with van der Waals surface area (Å²) >= 11 is 0. The van der Waals surface area contributed by atoms with Crippen molar-refractivity contribution in [3.63, 3.8) is 0 Å². The number of para-hydroxylation sites is 2. The second-order valence-corrected chi connectivity index (χ2v) is 6.33. The number of hydrogen-bond acceptors (Lipinski definition) is 5. The van der Waals surface area contributed by atoms with Crippen LogP contribution in [0.5, 0.6) is 5.75 Å². The zero-order chi connectivity index (χ0) is 19.5. The van der Waals surface area contributed by atoms with Crippen molar-refractivity contribution in [2.75, 3.05) is 25.2 Å². The first kappa shape index (κ1) is 17.8. The number of esters is 1. The molecule has 142 valence electrons. The van der Waals surface area contributed by atoms with Gasteiger partial charge >= 0.3 is 5.97 Å². The van der Waals surface area contributed by atoms with Crippen LogP contribution < -0.4 is 9.64 Å². The number of fused-ring (bicyclic) bond motifs is 1. The first-order chi connectivity index (χ1) is 13.7. The van der Waals surface area contributed by atoms with E-state index in [1.807, 2.05) is 54.6 Å². The normalized spacial score (nSPS) is 12.5. The molecule has 1 aromatic heterocycles. The molecular formula is C21H19N3O4. The number of hydrogen-bond donors (Lipinski definition) is 0. The van der Waals surface area contributed by atoms with E-state index in [0.29, 0.717) is 6.54 Å². The summed E-state index contributed by atoms with van der Waals surface area (Å²) in [6.07, 6.45) is 2.40. The van der Waals surface area contributed by atoms with Crippen LogP contribution in [-0.4, -0.2) is 41.9 Å². The van der Waals surface area contributed by atoms with Gasteiger partial charge in [-0.05, 0) is 30.2 Å². The number of carbonyl (C=O) groups excluding carboxylic acids is 2. The molecule has 2 heterocycles. The summed E-state index contributed by atoms with van der Waals surface area (Å²) in [4.78, 5) is 26.6. The van der Waals surface area contributed by atoms with Crippen molar-refractivity contribution in [1.82, 2.24) is 9.78 Å². The molecule has 3 aromatic rings. The highest BCUT2D eigenvalue weighted by atomic mass is 16.5. The number of carbonyl (C=O) groups is 2. The van der Waals surface area contributed by atoms with E-state index in [2.05, 4.69) is 5.10 Å². The minimum atomic E-state index is -0.702. The zero-order valence-corrected chi connectivity index (χ0v) is 15.4. The van der Waals surface area contributed by atoms with Gasteiger partial charge in [-0.3, -0.25) is 4.79 Å². The van der Waals surface area contributed by atoms with E-state index >= 15 is 0 Å². The Morgan fingerprint density at radius 2 is 1.82 bits per heavy atom. The summed E-state index contributed by atoms with van der Waals surface area (Å²) in [5.74, 6) is -0.681. The first-order valence-electron chi connectivity index (χ1n) is 8.92. The third kappa shape index (κ3) is 3.34. The van der Waals surface area contributed by atoms with Crippen molar-refractivity contribution in [1.29, 1.82) is 0 Å². The predicted molar refractivity (Wildman–Crippen MR) is 103 cm³/mol. The van der Waals surface area contributed by atoms with Gasteiger partial charge in [-0.2, -0.15) is 5.10 Å². The molecule has 0 atom stereocenters. The van der Waals surface area contributed by atoms with Gasteiger partial charge in [-0.15, -0.1) is 0 Å². The summed E-state index contributed by atoms with van der Waals surface area (Å²) in [6, 6.07) is 17.1. The second-order valence-electron chi connectivity index (χ2n) is 6.33. The highest BCUT2D eigenvalue weighted by molar-refractivity contribution is 5.98. The number of methoxy groups -OCH3 is 1. The van der Waals surface area contributed by atoms with Crippen molar-refractivity contribution in [3.8, 4) is 11.4 Å². The lowest BCUT2D eigenvalue weighted by Gasteiger charge is -2.16. The molecule has 0 bridgehead atoms. The molecule has 4 rings (SSSR count). The maximum absolute atomic E-state index is 12.5. The fourth-order valence-electron chi connectivity index (χ4n) is 3.23.